The summed E-state index contributed by atoms with van der Waals surface area (Å²) in [6.45, 7) is 6.82. The van der Waals surface area contributed by atoms with Crippen molar-refractivity contribution in [2.45, 2.75) is 26.1 Å². The molecule has 2 heterocycles. The molecule has 1 amide bonds. The van der Waals surface area contributed by atoms with Gasteiger partial charge in [0.15, 0.2) is 0 Å². The average Bonchev–Trinajstić information content (AvgIpc) is 2.85. The van der Waals surface area contributed by atoms with Crippen LogP contribution in [-0.2, 0) is 17.8 Å². The van der Waals surface area contributed by atoms with Crippen molar-refractivity contribution in [1.29, 1.82) is 0 Å². The number of rotatable bonds is 8. The van der Waals surface area contributed by atoms with Crippen molar-refractivity contribution < 1.29 is 9.53 Å². The Bertz CT molecular complexity index is 1090. The molecule has 1 saturated heterocycles. The monoisotopic (exact) mass is 445 g/mol. The highest BCUT2D eigenvalue weighted by atomic mass is 16.5. The highest BCUT2D eigenvalue weighted by Gasteiger charge is 2.26. The Kier molecular flexibility index (Phi) is 7.70. The van der Waals surface area contributed by atoms with Gasteiger partial charge in [-0.2, -0.15) is 0 Å². The lowest BCUT2D eigenvalue weighted by molar-refractivity contribution is 0.0228. The number of benzene rings is 2. The minimum atomic E-state index is -0.261. The highest BCUT2D eigenvalue weighted by Crippen LogP contribution is 2.14. The van der Waals surface area contributed by atoms with Crippen LogP contribution < -0.4 is 5.56 Å². The van der Waals surface area contributed by atoms with E-state index in [-0.39, 0.29) is 23.1 Å². The SMILES string of the molecule is CC(CN1CCOCC1)N(Cc1ccccc1)C(=O)c1cccn(Cc2ccccc2)c1=O. The lowest BCUT2D eigenvalue weighted by atomic mass is 10.1. The summed E-state index contributed by atoms with van der Waals surface area (Å²) in [7, 11) is 0. The Balaban J connectivity index is 1.59. The quantitative estimate of drug-likeness (QED) is 0.534. The lowest BCUT2D eigenvalue weighted by Gasteiger charge is -2.35. The summed E-state index contributed by atoms with van der Waals surface area (Å²) in [4.78, 5) is 31.1. The predicted molar refractivity (Wildman–Crippen MR) is 129 cm³/mol. The van der Waals surface area contributed by atoms with Crippen molar-refractivity contribution in [2.24, 2.45) is 0 Å². The van der Waals surface area contributed by atoms with Gasteiger partial charge in [-0.1, -0.05) is 60.7 Å². The van der Waals surface area contributed by atoms with E-state index in [1.807, 2.05) is 65.6 Å². The van der Waals surface area contributed by atoms with Gasteiger partial charge in [0.2, 0.25) is 0 Å². The topological polar surface area (TPSA) is 54.8 Å². The van der Waals surface area contributed by atoms with E-state index in [4.69, 9.17) is 4.74 Å². The maximum atomic E-state index is 13.7. The number of hydrogen-bond acceptors (Lipinski definition) is 4. The van der Waals surface area contributed by atoms with Crippen LogP contribution in [0.15, 0.2) is 83.8 Å². The summed E-state index contributed by atoms with van der Waals surface area (Å²) in [6.07, 6.45) is 1.74. The maximum absolute atomic E-state index is 13.7. The summed E-state index contributed by atoms with van der Waals surface area (Å²) in [5, 5.41) is 0. The summed E-state index contributed by atoms with van der Waals surface area (Å²) in [5.41, 5.74) is 2.01. The molecule has 6 nitrogen and oxygen atoms in total. The van der Waals surface area contributed by atoms with E-state index < -0.39 is 0 Å². The molecule has 1 atom stereocenters. The fourth-order valence-electron chi connectivity index (χ4n) is 4.22. The minimum Gasteiger partial charge on any atom is -0.379 e. The van der Waals surface area contributed by atoms with Crippen LogP contribution in [0.1, 0.15) is 28.4 Å². The zero-order valence-electron chi connectivity index (χ0n) is 19.1. The first-order valence-corrected chi connectivity index (χ1v) is 11.5. The van der Waals surface area contributed by atoms with Gasteiger partial charge in [-0.3, -0.25) is 14.5 Å². The predicted octanol–water partition coefficient (Wildman–Crippen LogP) is 3.26. The first-order valence-electron chi connectivity index (χ1n) is 11.5. The molecule has 1 fully saturated rings. The normalized spacial score (nSPS) is 15.2. The molecule has 1 aliphatic heterocycles. The molecule has 172 valence electrons. The van der Waals surface area contributed by atoms with Gasteiger partial charge >= 0.3 is 0 Å². The molecule has 0 radical (unpaired) electrons. The average molecular weight is 446 g/mol. The van der Waals surface area contributed by atoms with Crippen molar-refractivity contribution in [1.82, 2.24) is 14.4 Å². The third kappa shape index (κ3) is 5.97. The summed E-state index contributed by atoms with van der Waals surface area (Å²) >= 11 is 0. The van der Waals surface area contributed by atoms with Crippen molar-refractivity contribution >= 4 is 5.91 Å². The molecule has 2 aromatic carbocycles. The van der Waals surface area contributed by atoms with Crippen molar-refractivity contribution in [3.8, 4) is 0 Å². The van der Waals surface area contributed by atoms with Gasteiger partial charge in [0.25, 0.3) is 11.5 Å². The smallest absolute Gasteiger partial charge is 0.263 e. The number of nitrogens with zero attached hydrogens (tertiary/aromatic N) is 3. The van der Waals surface area contributed by atoms with Gasteiger partial charge in [-0.25, -0.2) is 0 Å². The Hall–Kier alpha value is -3.22. The fourth-order valence-corrected chi connectivity index (χ4v) is 4.22. The molecule has 1 unspecified atom stereocenters. The third-order valence-corrected chi connectivity index (χ3v) is 6.06. The van der Waals surface area contributed by atoms with Crippen LogP contribution in [0.5, 0.6) is 0 Å². The molecule has 1 aliphatic rings. The lowest BCUT2D eigenvalue weighted by Crippen LogP contribution is -2.49. The van der Waals surface area contributed by atoms with Crippen molar-refractivity contribution in [3.63, 3.8) is 0 Å². The van der Waals surface area contributed by atoms with Gasteiger partial charge in [-0.05, 0) is 30.2 Å². The maximum Gasteiger partial charge on any atom is 0.263 e. The van der Waals surface area contributed by atoms with E-state index in [9.17, 15) is 9.59 Å². The van der Waals surface area contributed by atoms with E-state index in [1.54, 1.807) is 22.9 Å². The van der Waals surface area contributed by atoms with E-state index in [0.29, 0.717) is 26.3 Å². The highest BCUT2D eigenvalue weighted by molar-refractivity contribution is 5.94. The van der Waals surface area contributed by atoms with Crippen LogP contribution in [-0.4, -0.2) is 59.2 Å². The summed E-state index contributed by atoms with van der Waals surface area (Å²) < 4.78 is 7.07. The minimum absolute atomic E-state index is 0.0574. The van der Waals surface area contributed by atoms with Gasteiger partial charge in [0, 0.05) is 38.4 Å². The second kappa shape index (κ2) is 11.1. The second-order valence-electron chi connectivity index (χ2n) is 8.52. The van der Waals surface area contributed by atoms with Crippen LogP contribution in [0.2, 0.25) is 0 Å². The van der Waals surface area contributed by atoms with Crippen LogP contribution in [0.4, 0.5) is 0 Å². The van der Waals surface area contributed by atoms with Gasteiger partial charge in [0.05, 0.1) is 19.8 Å². The molecule has 0 N–H and O–H groups in total. The van der Waals surface area contributed by atoms with Crippen molar-refractivity contribution in [2.75, 3.05) is 32.8 Å². The van der Waals surface area contributed by atoms with Gasteiger partial charge < -0.3 is 14.2 Å². The number of hydrogen-bond donors (Lipinski definition) is 0. The first kappa shape index (κ1) is 23.0. The zero-order chi connectivity index (χ0) is 23.0. The number of amides is 1. The molecule has 1 aromatic heterocycles. The van der Waals surface area contributed by atoms with Crippen molar-refractivity contribution in [3.05, 3.63) is 106 Å². The molecular weight excluding hydrogens is 414 g/mol. The molecule has 0 saturated carbocycles. The van der Waals surface area contributed by atoms with Crippen LogP contribution in [0.25, 0.3) is 0 Å². The fraction of sp³-hybridized carbons (Fsp3) is 0.333. The van der Waals surface area contributed by atoms with Gasteiger partial charge in [0.1, 0.15) is 5.56 Å². The molecular formula is C27H31N3O3. The van der Waals surface area contributed by atoms with Crippen LogP contribution in [0.3, 0.4) is 0 Å². The molecule has 0 aliphatic carbocycles. The number of carbonyl (C=O) groups is 1. The van der Waals surface area contributed by atoms with E-state index in [2.05, 4.69) is 11.8 Å². The number of pyridine rings is 1. The first-order chi connectivity index (χ1) is 16.1. The number of aromatic nitrogens is 1. The molecule has 0 spiro atoms. The molecule has 0 bridgehead atoms. The number of carbonyl (C=O) groups excluding carboxylic acids is 1. The van der Waals surface area contributed by atoms with E-state index >= 15 is 0 Å². The molecule has 6 heteroatoms. The summed E-state index contributed by atoms with van der Waals surface area (Å²) in [5.74, 6) is -0.230. The molecule has 33 heavy (non-hydrogen) atoms. The van der Waals surface area contributed by atoms with E-state index in [0.717, 1.165) is 30.8 Å². The van der Waals surface area contributed by atoms with Crippen LogP contribution in [0, 0.1) is 0 Å². The second-order valence-corrected chi connectivity index (χ2v) is 8.52. The third-order valence-electron chi connectivity index (χ3n) is 6.06. The summed E-state index contributed by atoms with van der Waals surface area (Å²) in [6, 6.07) is 23.1. The Morgan fingerprint density at radius 2 is 1.58 bits per heavy atom. The molecule has 3 aromatic rings. The Morgan fingerprint density at radius 1 is 0.939 bits per heavy atom. The van der Waals surface area contributed by atoms with Gasteiger partial charge in [-0.15, -0.1) is 0 Å². The number of ether oxygens (including phenoxy) is 1. The molecule has 4 rings (SSSR count). The Labute approximate surface area is 195 Å². The number of morpholine rings is 1. The standard InChI is InChI=1S/C27H31N3O3/c1-22(19-28-15-17-33-18-16-28)30(21-24-11-6-3-7-12-24)27(32)25-13-8-14-29(26(25)31)20-23-9-4-2-5-10-23/h2-14,22H,15-21H2,1H3. The Morgan fingerprint density at radius 3 is 2.24 bits per heavy atom. The largest absolute Gasteiger partial charge is 0.379 e. The van der Waals surface area contributed by atoms with E-state index in [1.165, 1.54) is 0 Å². The zero-order valence-corrected chi connectivity index (χ0v) is 19.1. The van der Waals surface area contributed by atoms with Crippen LogP contribution >= 0.6 is 0 Å².